The van der Waals surface area contributed by atoms with E-state index in [1.54, 1.807) is 6.26 Å². The van der Waals surface area contributed by atoms with Crippen molar-refractivity contribution in [3.05, 3.63) is 53.2 Å². The number of hydrogen-bond donors (Lipinski definition) is 1. The molecule has 148 valence electrons. The molecular weight excluding hydrogens is 376 g/mol. The van der Waals surface area contributed by atoms with E-state index in [1.807, 2.05) is 51.1 Å². The smallest absolute Gasteiger partial charge is 0.221 e. The van der Waals surface area contributed by atoms with Gasteiger partial charge in [0.15, 0.2) is 0 Å². The fraction of sp³-hybridized carbons (Fsp3) is 0.381. The van der Waals surface area contributed by atoms with Crippen LogP contribution in [-0.2, 0) is 17.8 Å². The molecule has 0 aliphatic carbocycles. The highest BCUT2D eigenvalue weighted by Crippen LogP contribution is 2.28. The Hall–Kier alpha value is -2.60. The molecule has 0 aliphatic heterocycles. The number of anilines is 1. The van der Waals surface area contributed by atoms with Crippen LogP contribution < -0.4 is 10.2 Å². The van der Waals surface area contributed by atoms with Crippen LogP contribution in [0, 0.1) is 0 Å². The first-order chi connectivity index (χ1) is 13.5. The van der Waals surface area contributed by atoms with Crippen LogP contribution in [0.3, 0.4) is 0 Å². The van der Waals surface area contributed by atoms with Gasteiger partial charge in [-0.2, -0.15) is 0 Å². The lowest BCUT2D eigenvalue weighted by Gasteiger charge is -2.24. The summed E-state index contributed by atoms with van der Waals surface area (Å²) in [5.41, 5.74) is 0.797. The number of aromatic nitrogens is 2. The molecule has 3 aromatic rings. The number of carbonyl (C=O) groups excluding carboxylic acids is 1. The molecule has 0 atom stereocenters. The zero-order valence-corrected chi connectivity index (χ0v) is 17.2. The lowest BCUT2D eigenvalue weighted by Crippen LogP contribution is -2.34. The van der Waals surface area contributed by atoms with E-state index in [1.165, 1.54) is 0 Å². The number of halogens is 1. The van der Waals surface area contributed by atoms with Gasteiger partial charge in [-0.25, -0.2) is 9.97 Å². The van der Waals surface area contributed by atoms with Gasteiger partial charge in [-0.1, -0.05) is 18.5 Å². The van der Waals surface area contributed by atoms with Crippen LogP contribution in [0.25, 0.3) is 10.9 Å². The second-order valence-electron chi connectivity index (χ2n) is 6.95. The Labute approximate surface area is 169 Å². The van der Waals surface area contributed by atoms with Crippen molar-refractivity contribution in [3.8, 4) is 0 Å². The summed E-state index contributed by atoms with van der Waals surface area (Å²) in [7, 11) is 0. The highest BCUT2D eigenvalue weighted by Gasteiger charge is 2.18. The average molecular weight is 401 g/mol. The summed E-state index contributed by atoms with van der Waals surface area (Å²) in [6.07, 6.45) is 2.71. The summed E-state index contributed by atoms with van der Waals surface area (Å²) < 4.78 is 5.54. The lowest BCUT2D eigenvalue weighted by molar-refractivity contribution is -0.121. The maximum absolute atomic E-state index is 12.2. The number of nitrogens with zero attached hydrogens (tertiary/aromatic N) is 3. The number of amides is 1. The Morgan fingerprint density at radius 3 is 2.79 bits per heavy atom. The standard InChI is InChI=1S/C21H25ClN4O2/c1-4-19-24-18-12-15(22)7-8-17(18)21(25-19)26(13-16-6-5-11-28-16)10-9-20(27)23-14(2)3/h5-8,11-12,14H,4,9-10,13H2,1-3H3,(H,23,27). The van der Waals surface area contributed by atoms with Crippen molar-refractivity contribution in [1.29, 1.82) is 0 Å². The molecule has 7 heteroatoms. The molecule has 1 N–H and O–H groups in total. The maximum Gasteiger partial charge on any atom is 0.221 e. The van der Waals surface area contributed by atoms with Gasteiger partial charge in [0.25, 0.3) is 0 Å². The van der Waals surface area contributed by atoms with Crippen LogP contribution in [0.4, 0.5) is 5.82 Å². The average Bonchev–Trinajstić information content (AvgIpc) is 3.16. The Balaban J connectivity index is 1.97. The molecule has 0 bridgehead atoms. The molecule has 1 amide bonds. The predicted octanol–water partition coefficient (Wildman–Crippen LogP) is 4.36. The van der Waals surface area contributed by atoms with Gasteiger partial charge in [0.2, 0.25) is 5.91 Å². The van der Waals surface area contributed by atoms with Gasteiger partial charge < -0.3 is 14.6 Å². The lowest BCUT2D eigenvalue weighted by atomic mass is 10.2. The second-order valence-corrected chi connectivity index (χ2v) is 7.39. The van der Waals surface area contributed by atoms with Crippen molar-refractivity contribution < 1.29 is 9.21 Å². The first-order valence-corrected chi connectivity index (χ1v) is 9.87. The van der Waals surface area contributed by atoms with E-state index >= 15 is 0 Å². The monoisotopic (exact) mass is 400 g/mol. The van der Waals surface area contributed by atoms with E-state index in [0.717, 1.165) is 28.3 Å². The minimum absolute atomic E-state index is 0.0107. The molecule has 6 nitrogen and oxygen atoms in total. The Morgan fingerprint density at radius 1 is 1.29 bits per heavy atom. The summed E-state index contributed by atoms with van der Waals surface area (Å²) in [5, 5.41) is 4.47. The van der Waals surface area contributed by atoms with Crippen LogP contribution in [0.15, 0.2) is 41.0 Å². The topological polar surface area (TPSA) is 71.3 Å². The molecule has 0 saturated carbocycles. The third-order valence-corrected chi connectivity index (χ3v) is 4.52. The fourth-order valence-electron chi connectivity index (χ4n) is 3.01. The van der Waals surface area contributed by atoms with E-state index in [4.69, 9.17) is 21.0 Å². The van der Waals surface area contributed by atoms with Gasteiger partial charge in [0, 0.05) is 35.8 Å². The van der Waals surface area contributed by atoms with Crippen LogP contribution in [0.1, 0.15) is 38.8 Å². The maximum atomic E-state index is 12.2. The van der Waals surface area contributed by atoms with Crippen molar-refractivity contribution in [3.63, 3.8) is 0 Å². The molecule has 0 fully saturated rings. The minimum atomic E-state index is 0.0107. The van der Waals surface area contributed by atoms with E-state index in [0.29, 0.717) is 31.0 Å². The third kappa shape index (κ3) is 5.01. The number of fused-ring (bicyclic) bond motifs is 1. The fourth-order valence-corrected chi connectivity index (χ4v) is 3.18. The quantitative estimate of drug-likeness (QED) is 0.608. The summed E-state index contributed by atoms with van der Waals surface area (Å²) in [4.78, 5) is 23.6. The van der Waals surface area contributed by atoms with Crippen LogP contribution in [0.5, 0.6) is 0 Å². The number of furan rings is 1. The first kappa shape index (κ1) is 20.1. The Morgan fingerprint density at radius 2 is 2.11 bits per heavy atom. The largest absolute Gasteiger partial charge is 0.467 e. The number of rotatable bonds is 8. The molecule has 0 spiro atoms. The normalized spacial score (nSPS) is 11.2. The van der Waals surface area contributed by atoms with Gasteiger partial charge in [-0.05, 0) is 44.2 Å². The molecule has 28 heavy (non-hydrogen) atoms. The second kappa shape index (κ2) is 9.06. The number of aryl methyl sites for hydroxylation is 1. The zero-order valence-electron chi connectivity index (χ0n) is 16.4. The minimum Gasteiger partial charge on any atom is -0.467 e. The first-order valence-electron chi connectivity index (χ1n) is 9.49. The van der Waals surface area contributed by atoms with Crippen LogP contribution >= 0.6 is 11.6 Å². The summed E-state index contributed by atoms with van der Waals surface area (Å²) in [6.45, 7) is 6.95. The zero-order chi connectivity index (χ0) is 20.1. The van der Waals surface area contributed by atoms with Crippen LogP contribution in [0.2, 0.25) is 5.02 Å². The van der Waals surface area contributed by atoms with Crippen molar-refractivity contribution in [2.45, 2.75) is 46.2 Å². The van der Waals surface area contributed by atoms with Crippen molar-refractivity contribution in [2.75, 3.05) is 11.4 Å². The third-order valence-electron chi connectivity index (χ3n) is 4.29. The summed E-state index contributed by atoms with van der Waals surface area (Å²) >= 11 is 6.17. The highest BCUT2D eigenvalue weighted by molar-refractivity contribution is 6.31. The molecule has 0 aliphatic rings. The van der Waals surface area contributed by atoms with E-state index in [9.17, 15) is 4.79 Å². The van der Waals surface area contributed by atoms with E-state index in [-0.39, 0.29) is 11.9 Å². The summed E-state index contributed by atoms with van der Waals surface area (Å²) in [5.74, 6) is 2.34. The molecule has 1 aromatic carbocycles. The molecule has 0 saturated heterocycles. The molecule has 2 aromatic heterocycles. The van der Waals surface area contributed by atoms with Gasteiger partial charge in [-0.15, -0.1) is 0 Å². The Bertz CT molecular complexity index is 941. The van der Waals surface area contributed by atoms with Gasteiger partial charge >= 0.3 is 0 Å². The molecule has 3 rings (SSSR count). The van der Waals surface area contributed by atoms with Crippen molar-refractivity contribution >= 4 is 34.2 Å². The SMILES string of the molecule is CCc1nc(N(CCC(=O)NC(C)C)Cc2ccco2)c2ccc(Cl)cc2n1. The van der Waals surface area contributed by atoms with Crippen LogP contribution in [-0.4, -0.2) is 28.5 Å². The molecule has 0 unspecified atom stereocenters. The Kier molecular flexibility index (Phi) is 6.52. The van der Waals surface area contributed by atoms with Gasteiger partial charge in [0.1, 0.15) is 17.4 Å². The number of hydrogen-bond acceptors (Lipinski definition) is 5. The summed E-state index contributed by atoms with van der Waals surface area (Å²) in [6, 6.07) is 9.49. The van der Waals surface area contributed by atoms with Crippen molar-refractivity contribution in [2.24, 2.45) is 0 Å². The van der Waals surface area contributed by atoms with E-state index in [2.05, 4.69) is 15.2 Å². The highest BCUT2D eigenvalue weighted by atomic mass is 35.5. The predicted molar refractivity (Wildman–Crippen MR) is 112 cm³/mol. The van der Waals surface area contributed by atoms with E-state index < -0.39 is 0 Å². The molecule has 0 radical (unpaired) electrons. The molecule has 2 heterocycles. The number of carbonyl (C=O) groups is 1. The molecular formula is C21H25ClN4O2. The van der Waals surface area contributed by atoms with Crippen molar-refractivity contribution in [1.82, 2.24) is 15.3 Å². The van der Waals surface area contributed by atoms with Gasteiger partial charge in [-0.3, -0.25) is 4.79 Å². The number of benzene rings is 1. The van der Waals surface area contributed by atoms with Gasteiger partial charge in [0.05, 0.1) is 18.3 Å². The number of nitrogens with one attached hydrogen (secondary N) is 1.